The van der Waals surface area contributed by atoms with E-state index in [1.165, 1.54) is 0 Å². The Bertz CT molecular complexity index is 1120. The molecule has 0 fully saturated rings. The highest BCUT2D eigenvalue weighted by Crippen LogP contribution is 2.23. The average molecular weight is 451 g/mol. The molecule has 0 aliphatic heterocycles. The zero-order chi connectivity index (χ0) is 22.2. The molecule has 0 aromatic heterocycles. The van der Waals surface area contributed by atoms with E-state index in [0.717, 1.165) is 16.7 Å². The van der Waals surface area contributed by atoms with E-state index in [9.17, 15) is 10.1 Å². The molecule has 0 saturated heterocycles. The minimum Gasteiger partial charge on any atom is -0.489 e. The van der Waals surface area contributed by atoms with Crippen molar-refractivity contribution in [3.8, 4) is 11.8 Å². The number of hydrogen-bond donors (Lipinski definition) is 1. The Morgan fingerprint density at radius 1 is 1.10 bits per heavy atom. The second-order valence-electron chi connectivity index (χ2n) is 6.87. The summed E-state index contributed by atoms with van der Waals surface area (Å²) in [5, 5.41) is 13.4. The van der Waals surface area contributed by atoms with E-state index in [2.05, 4.69) is 5.32 Å². The maximum Gasteiger partial charge on any atom is 0.262 e. The van der Waals surface area contributed by atoms with Crippen molar-refractivity contribution in [3.05, 3.63) is 105 Å². The monoisotopic (exact) mass is 450 g/mol. The lowest BCUT2D eigenvalue weighted by molar-refractivity contribution is -0.117. The maximum absolute atomic E-state index is 12.5. The SMILES string of the molecule is CC(NC(=O)/C(C#N)=C/c1ccc(OCc2ccc(Cl)cc2Cl)cc1)c1ccccc1. The van der Waals surface area contributed by atoms with Crippen LogP contribution in [-0.4, -0.2) is 5.91 Å². The van der Waals surface area contributed by atoms with Crippen LogP contribution in [-0.2, 0) is 11.4 Å². The molecule has 1 atom stereocenters. The summed E-state index contributed by atoms with van der Waals surface area (Å²) in [7, 11) is 0. The number of carbonyl (C=O) groups is 1. The van der Waals surface area contributed by atoms with E-state index in [0.29, 0.717) is 22.4 Å². The minimum atomic E-state index is -0.420. The van der Waals surface area contributed by atoms with E-state index in [-0.39, 0.29) is 11.6 Å². The molecule has 1 unspecified atom stereocenters. The van der Waals surface area contributed by atoms with Gasteiger partial charge in [0.2, 0.25) is 0 Å². The Kier molecular flexibility index (Phi) is 7.72. The molecular formula is C25H20Cl2N2O2. The molecule has 4 nitrogen and oxygen atoms in total. The Morgan fingerprint density at radius 3 is 2.45 bits per heavy atom. The zero-order valence-electron chi connectivity index (χ0n) is 16.8. The quantitative estimate of drug-likeness (QED) is 0.336. The second kappa shape index (κ2) is 10.7. The molecule has 3 aromatic rings. The van der Waals surface area contributed by atoms with E-state index < -0.39 is 5.91 Å². The predicted octanol–water partition coefficient (Wildman–Crippen LogP) is 6.36. The van der Waals surface area contributed by atoms with Gasteiger partial charge in [-0.1, -0.05) is 71.7 Å². The van der Waals surface area contributed by atoms with Crippen LogP contribution >= 0.6 is 23.2 Å². The Morgan fingerprint density at radius 2 is 1.81 bits per heavy atom. The number of halogens is 2. The molecule has 6 heteroatoms. The third kappa shape index (κ3) is 6.36. The lowest BCUT2D eigenvalue weighted by Crippen LogP contribution is -2.27. The van der Waals surface area contributed by atoms with Crippen LogP contribution in [0.4, 0.5) is 0 Å². The minimum absolute atomic E-state index is 0.0318. The van der Waals surface area contributed by atoms with Crippen LogP contribution < -0.4 is 10.1 Å². The summed E-state index contributed by atoms with van der Waals surface area (Å²) in [5.41, 5.74) is 2.54. The van der Waals surface area contributed by atoms with E-state index in [4.69, 9.17) is 27.9 Å². The first-order valence-electron chi connectivity index (χ1n) is 9.60. The van der Waals surface area contributed by atoms with Gasteiger partial charge in [0.15, 0.2) is 0 Å². The van der Waals surface area contributed by atoms with Gasteiger partial charge in [-0.05, 0) is 48.4 Å². The molecule has 31 heavy (non-hydrogen) atoms. The Balaban J connectivity index is 1.63. The Hall–Kier alpha value is -3.26. The topological polar surface area (TPSA) is 62.1 Å². The van der Waals surface area contributed by atoms with Gasteiger partial charge in [-0.25, -0.2) is 0 Å². The lowest BCUT2D eigenvalue weighted by atomic mass is 10.1. The number of nitrogens with zero attached hydrogens (tertiary/aromatic N) is 1. The zero-order valence-corrected chi connectivity index (χ0v) is 18.3. The number of amides is 1. The van der Waals surface area contributed by atoms with Gasteiger partial charge in [0, 0.05) is 15.6 Å². The van der Waals surface area contributed by atoms with Crippen molar-refractivity contribution in [1.29, 1.82) is 5.26 Å². The average Bonchev–Trinajstić information content (AvgIpc) is 2.78. The molecule has 0 aliphatic rings. The van der Waals surface area contributed by atoms with Crippen molar-refractivity contribution in [3.63, 3.8) is 0 Å². The maximum atomic E-state index is 12.5. The molecule has 0 spiro atoms. The first-order valence-corrected chi connectivity index (χ1v) is 10.4. The number of benzene rings is 3. The molecular weight excluding hydrogens is 431 g/mol. The molecule has 156 valence electrons. The highest BCUT2D eigenvalue weighted by Gasteiger charge is 2.13. The van der Waals surface area contributed by atoms with Crippen LogP contribution in [0.25, 0.3) is 6.08 Å². The number of nitrogens with one attached hydrogen (secondary N) is 1. The van der Waals surface area contributed by atoms with Gasteiger partial charge in [0.25, 0.3) is 5.91 Å². The fourth-order valence-corrected chi connectivity index (χ4v) is 3.34. The van der Waals surface area contributed by atoms with Crippen LogP contribution in [0.2, 0.25) is 10.0 Å². The Labute approximate surface area is 191 Å². The van der Waals surface area contributed by atoms with Crippen molar-refractivity contribution < 1.29 is 9.53 Å². The van der Waals surface area contributed by atoms with Crippen LogP contribution in [0.1, 0.15) is 29.7 Å². The number of carbonyl (C=O) groups excluding carboxylic acids is 1. The summed E-state index contributed by atoms with van der Waals surface area (Å²) < 4.78 is 5.76. The lowest BCUT2D eigenvalue weighted by Gasteiger charge is -2.13. The van der Waals surface area contributed by atoms with Crippen LogP contribution in [0.5, 0.6) is 5.75 Å². The fraction of sp³-hybridized carbons (Fsp3) is 0.120. The fourth-order valence-electron chi connectivity index (χ4n) is 2.87. The molecule has 3 rings (SSSR count). The van der Waals surface area contributed by atoms with Gasteiger partial charge < -0.3 is 10.1 Å². The molecule has 1 amide bonds. The third-order valence-electron chi connectivity index (χ3n) is 4.61. The summed E-state index contributed by atoms with van der Waals surface area (Å²) >= 11 is 12.1. The van der Waals surface area contributed by atoms with Crippen LogP contribution in [0, 0.1) is 11.3 Å². The highest BCUT2D eigenvalue weighted by atomic mass is 35.5. The summed E-state index contributed by atoms with van der Waals surface area (Å²) in [4.78, 5) is 12.5. The molecule has 0 saturated carbocycles. The van der Waals surface area contributed by atoms with Crippen LogP contribution in [0.3, 0.4) is 0 Å². The molecule has 0 aliphatic carbocycles. The number of nitriles is 1. The van der Waals surface area contributed by atoms with Crippen molar-refractivity contribution >= 4 is 35.2 Å². The molecule has 3 aromatic carbocycles. The van der Waals surface area contributed by atoms with Crippen molar-refractivity contribution in [2.45, 2.75) is 19.6 Å². The standard InChI is InChI=1S/C25H20Cl2N2O2/c1-17(19-5-3-2-4-6-19)29-25(30)21(15-28)13-18-7-11-23(12-8-18)31-16-20-9-10-22(26)14-24(20)27/h2-14,17H,16H2,1H3,(H,29,30)/b21-13+. The predicted molar refractivity (Wildman–Crippen MR) is 124 cm³/mol. The van der Waals surface area contributed by atoms with E-state index in [1.54, 1.807) is 42.5 Å². The highest BCUT2D eigenvalue weighted by molar-refractivity contribution is 6.35. The summed E-state index contributed by atoms with van der Waals surface area (Å²) in [6, 6.07) is 23.7. The van der Waals surface area contributed by atoms with Gasteiger partial charge in [-0.2, -0.15) is 5.26 Å². The number of hydrogen-bond acceptors (Lipinski definition) is 3. The van der Waals surface area contributed by atoms with Gasteiger partial charge >= 0.3 is 0 Å². The van der Waals surface area contributed by atoms with E-state index >= 15 is 0 Å². The van der Waals surface area contributed by atoms with Gasteiger partial charge in [-0.15, -0.1) is 0 Å². The van der Waals surface area contributed by atoms with Crippen molar-refractivity contribution in [2.75, 3.05) is 0 Å². The summed E-state index contributed by atoms with van der Waals surface area (Å²) in [6.45, 7) is 2.18. The molecule has 0 radical (unpaired) electrons. The second-order valence-corrected chi connectivity index (χ2v) is 7.71. The number of rotatable bonds is 7. The van der Waals surface area contributed by atoms with Gasteiger partial charge in [-0.3, -0.25) is 4.79 Å². The smallest absolute Gasteiger partial charge is 0.262 e. The largest absolute Gasteiger partial charge is 0.489 e. The molecule has 0 heterocycles. The normalized spacial score (nSPS) is 12.0. The molecule has 0 bridgehead atoms. The van der Waals surface area contributed by atoms with Crippen molar-refractivity contribution in [1.82, 2.24) is 5.32 Å². The first kappa shape index (κ1) is 22.4. The first-order chi connectivity index (χ1) is 15.0. The summed E-state index contributed by atoms with van der Waals surface area (Å²) in [6.07, 6.45) is 1.55. The number of ether oxygens (including phenoxy) is 1. The van der Waals surface area contributed by atoms with Crippen molar-refractivity contribution in [2.24, 2.45) is 0 Å². The van der Waals surface area contributed by atoms with Gasteiger partial charge in [0.1, 0.15) is 24.0 Å². The summed E-state index contributed by atoms with van der Waals surface area (Å²) in [5.74, 6) is 0.223. The van der Waals surface area contributed by atoms with Gasteiger partial charge in [0.05, 0.1) is 6.04 Å². The van der Waals surface area contributed by atoms with Crippen LogP contribution in [0.15, 0.2) is 78.4 Å². The molecule has 1 N–H and O–H groups in total. The van der Waals surface area contributed by atoms with E-state index in [1.807, 2.05) is 49.4 Å². The third-order valence-corrected chi connectivity index (χ3v) is 5.20.